The minimum Gasteiger partial charge on any atom is -0.369 e. The lowest BCUT2D eigenvalue weighted by Gasteiger charge is -2.22. The summed E-state index contributed by atoms with van der Waals surface area (Å²) >= 11 is 0. The molecule has 0 unspecified atom stereocenters. The molecule has 2 N–H and O–H groups in total. The Morgan fingerprint density at radius 1 is 1.10 bits per heavy atom. The largest absolute Gasteiger partial charge is 0.369 e. The predicted octanol–water partition coefficient (Wildman–Crippen LogP) is 5.09. The number of rotatable bonds is 6. The third-order valence-electron chi connectivity index (χ3n) is 5.24. The van der Waals surface area contributed by atoms with Gasteiger partial charge in [0.2, 0.25) is 0 Å². The van der Waals surface area contributed by atoms with Crippen molar-refractivity contribution in [2.24, 2.45) is 10.7 Å². The second kappa shape index (κ2) is 8.47. The van der Waals surface area contributed by atoms with E-state index >= 15 is 0 Å². The fourth-order valence-electron chi connectivity index (χ4n) is 3.25. The van der Waals surface area contributed by atoms with E-state index in [4.69, 9.17) is 10.3 Å². The Morgan fingerprint density at radius 2 is 1.76 bits per heavy atom. The van der Waals surface area contributed by atoms with Gasteiger partial charge in [-0.2, -0.15) is 4.99 Å². The Hall–Kier alpha value is -3.15. The molecule has 6 heteroatoms. The third kappa shape index (κ3) is 4.31. The molecule has 0 amide bonds. The van der Waals surface area contributed by atoms with E-state index in [2.05, 4.69) is 24.0 Å². The van der Waals surface area contributed by atoms with Gasteiger partial charge in [0.15, 0.2) is 5.96 Å². The first-order valence-electron chi connectivity index (χ1n) is 9.78. The molecule has 1 aromatic heterocycles. The first-order chi connectivity index (χ1) is 13.9. The monoisotopic (exact) mass is 394 g/mol. The minimum atomic E-state index is -0.408. The molecule has 2 aromatic carbocycles. The summed E-state index contributed by atoms with van der Waals surface area (Å²) in [5.41, 5.74) is 8.84. The molecule has 1 heterocycles. The maximum atomic E-state index is 14.0. The van der Waals surface area contributed by atoms with Crippen LogP contribution in [0.25, 0.3) is 11.1 Å². The molecule has 0 aliphatic rings. The fourth-order valence-corrected chi connectivity index (χ4v) is 3.25. The van der Waals surface area contributed by atoms with E-state index in [1.165, 1.54) is 6.07 Å². The predicted molar refractivity (Wildman–Crippen MR) is 115 cm³/mol. The van der Waals surface area contributed by atoms with Crippen molar-refractivity contribution in [3.05, 3.63) is 71.7 Å². The average molecular weight is 394 g/mol. The Kier molecular flexibility index (Phi) is 6.01. The van der Waals surface area contributed by atoms with Crippen molar-refractivity contribution in [2.45, 2.75) is 33.1 Å². The lowest BCUT2D eigenvalue weighted by Crippen LogP contribution is -2.36. The van der Waals surface area contributed by atoms with E-state index in [9.17, 15) is 4.39 Å². The molecule has 0 spiro atoms. The minimum absolute atomic E-state index is 0.232. The molecule has 29 heavy (non-hydrogen) atoms. The number of hydrogen-bond donors (Lipinski definition) is 1. The summed E-state index contributed by atoms with van der Waals surface area (Å²) in [6, 6.07) is 16.4. The molecule has 0 aliphatic carbocycles. The highest BCUT2D eigenvalue weighted by atomic mass is 19.1. The van der Waals surface area contributed by atoms with Gasteiger partial charge in [0, 0.05) is 30.1 Å². The quantitative estimate of drug-likeness (QED) is 0.467. The highest BCUT2D eigenvalue weighted by Crippen LogP contribution is 2.34. The number of guanidine groups is 1. The molecule has 3 rings (SSSR count). The van der Waals surface area contributed by atoms with Crippen molar-refractivity contribution >= 4 is 11.8 Å². The smallest absolute Gasteiger partial charge is 0.253 e. The molecule has 0 radical (unpaired) electrons. The first kappa shape index (κ1) is 20.6. The van der Waals surface area contributed by atoms with Crippen LogP contribution in [-0.2, 0) is 5.41 Å². The van der Waals surface area contributed by atoms with Crippen LogP contribution in [0.2, 0.25) is 0 Å². The van der Waals surface area contributed by atoms with E-state index in [0.717, 1.165) is 29.9 Å². The summed E-state index contributed by atoms with van der Waals surface area (Å²) in [5.74, 6) is 0.550. The summed E-state index contributed by atoms with van der Waals surface area (Å²) in [6.45, 7) is 9.70. The highest BCUT2D eigenvalue weighted by molar-refractivity contribution is 5.80. The lowest BCUT2D eigenvalue weighted by atomic mass is 9.81. The number of benzene rings is 2. The van der Waals surface area contributed by atoms with Gasteiger partial charge in [0.1, 0.15) is 5.82 Å². The van der Waals surface area contributed by atoms with Crippen LogP contribution >= 0.6 is 0 Å². The summed E-state index contributed by atoms with van der Waals surface area (Å²) in [6.07, 6.45) is 0. The number of aromatic nitrogens is 1. The van der Waals surface area contributed by atoms with Crippen molar-refractivity contribution in [3.8, 4) is 11.1 Å². The summed E-state index contributed by atoms with van der Waals surface area (Å²) in [4.78, 5) is 6.28. The Labute approximate surface area is 171 Å². The Balaban J connectivity index is 1.85. The highest BCUT2D eigenvalue weighted by Gasteiger charge is 2.27. The maximum Gasteiger partial charge on any atom is 0.253 e. The molecule has 0 saturated carbocycles. The average Bonchev–Trinajstić information content (AvgIpc) is 3.19. The van der Waals surface area contributed by atoms with E-state index in [1.807, 2.05) is 49.1 Å². The summed E-state index contributed by atoms with van der Waals surface area (Å²) < 4.78 is 19.4. The molecule has 0 saturated heterocycles. The first-order valence-corrected chi connectivity index (χ1v) is 9.78. The summed E-state index contributed by atoms with van der Waals surface area (Å²) in [7, 11) is 0. The number of halogens is 1. The fraction of sp³-hybridized carbons (Fsp3) is 0.304. The van der Waals surface area contributed by atoms with Gasteiger partial charge in [-0.3, -0.25) is 0 Å². The third-order valence-corrected chi connectivity index (χ3v) is 5.24. The number of hydrogen-bond acceptors (Lipinski definition) is 3. The number of nitrogens with two attached hydrogens (primary N) is 1. The van der Waals surface area contributed by atoms with Gasteiger partial charge < -0.3 is 15.2 Å². The van der Waals surface area contributed by atoms with Crippen molar-refractivity contribution in [3.63, 3.8) is 0 Å². The Morgan fingerprint density at radius 3 is 2.38 bits per heavy atom. The standard InChI is InChI=1S/C23H27FN4O/c1-5-28(6-2)22(25)26-21-15-20(27-29-21)23(3,4)17-13-11-16(12-14-17)18-9-7-8-10-19(18)24/h7-15H,5-6H2,1-4H3,(H2,25,26). The number of nitrogens with zero attached hydrogens (tertiary/aromatic N) is 3. The lowest BCUT2D eigenvalue weighted by molar-refractivity contribution is 0.403. The van der Waals surface area contributed by atoms with Crippen LogP contribution in [0.5, 0.6) is 0 Å². The SMILES string of the molecule is CCN(CC)/C(N)=N/c1cc(C(C)(C)c2ccc(-c3ccccc3F)cc2)no1. The molecule has 0 atom stereocenters. The normalized spacial score (nSPS) is 12.2. The van der Waals surface area contributed by atoms with Crippen LogP contribution in [0.15, 0.2) is 64.1 Å². The molecular weight excluding hydrogens is 367 g/mol. The molecule has 3 aromatic rings. The summed E-state index contributed by atoms with van der Waals surface area (Å²) in [5, 5.41) is 4.21. The Bertz CT molecular complexity index is 988. The zero-order valence-electron chi connectivity index (χ0n) is 17.3. The van der Waals surface area contributed by atoms with Gasteiger partial charge in [-0.25, -0.2) is 4.39 Å². The van der Waals surface area contributed by atoms with Crippen LogP contribution in [0.3, 0.4) is 0 Å². The second-order valence-corrected chi connectivity index (χ2v) is 7.37. The molecular formula is C23H27FN4O. The zero-order valence-corrected chi connectivity index (χ0v) is 17.3. The van der Waals surface area contributed by atoms with E-state index in [1.54, 1.807) is 18.2 Å². The topological polar surface area (TPSA) is 67.7 Å². The van der Waals surface area contributed by atoms with E-state index in [-0.39, 0.29) is 5.82 Å². The molecule has 5 nitrogen and oxygen atoms in total. The van der Waals surface area contributed by atoms with Gasteiger partial charge in [0.25, 0.3) is 5.88 Å². The maximum absolute atomic E-state index is 14.0. The van der Waals surface area contributed by atoms with Gasteiger partial charge in [-0.15, -0.1) is 0 Å². The van der Waals surface area contributed by atoms with Crippen LogP contribution in [0.1, 0.15) is 39.0 Å². The van der Waals surface area contributed by atoms with Crippen molar-refractivity contribution in [2.75, 3.05) is 13.1 Å². The van der Waals surface area contributed by atoms with E-state index in [0.29, 0.717) is 17.4 Å². The van der Waals surface area contributed by atoms with E-state index < -0.39 is 5.41 Å². The van der Waals surface area contributed by atoms with Crippen molar-refractivity contribution < 1.29 is 8.91 Å². The van der Waals surface area contributed by atoms with Crippen LogP contribution in [0, 0.1) is 5.82 Å². The molecule has 0 fully saturated rings. The molecule has 0 aliphatic heterocycles. The van der Waals surface area contributed by atoms with Gasteiger partial charge in [-0.05, 0) is 31.0 Å². The van der Waals surface area contributed by atoms with Crippen molar-refractivity contribution in [1.82, 2.24) is 10.1 Å². The van der Waals surface area contributed by atoms with Crippen LogP contribution in [0.4, 0.5) is 10.3 Å². The zero-order chi connectivity index (χ0) is 21.0. The van der Waals surface area contributed by atoms with Gasteiger partial charge in [-0.1, -0.05) is 61.5 Å². The van der Waals surface area contributed by atoms with Crippen LogP contribution in [-0.4, -0.2) is 29.1 Å². The molecule has 0 bridgehead atoms. The van der Waals surface area contributed by atoms with Gasteiger partial charge >= 0.3 is 0 Å². The molecule has 152 valence electrons. The van der Waals surface area contributed by atoms with Crippen LogP contribution < -0.4 is 5.73 Å². The van der Waals surface area contributed by atoms with Crippen molar-refractivity contribution in [1.29, 1.82) is 0 Å². The second-order valence-electron chi connectivity index (χ2n) is 7.37. The number of aliphatic imine (C=N–C) groups is 1. The van der Waals surface area contributed by atoms with Gasteiger partial charge in [0.05, 0.1) is 5.69 Å².